The van der Waals surface area contributed by atoms with Crippen molar-refractivity contribution in [3.8, 4) is 0 Å². The summed E-state index contributed by atoms with van der Waals surface area (Å²) in [5.74, 6) is -4.74. The largest absolute Gasteiger partial charge is 0.456 e. The van der Waals surface area contributed by atoms with E-state index in [9.17, 15) is 13.6 Å². The summed E-state index contributed by atoms with van der Waals surface area (Å²) in [7, 11) is 1.58. The van der Waals surface area contributed by atoms with Gasteiger partial charge < -0.3 is 14.8 Å². The molecule has 1 saturated heterocycles. The van der Waals surface area contributed by atoms with Gasteiger partial charge >= 0.3 is 11.9 Å². The molecule has 0 bridgehead atoms. The van der Waals surface area contributed by atoms with Crippen LogP contribution in [0.5, 0.6) is 0 Å². The van der Waals surface area contributed by atoms with Crippen molar-refractivity contribution in [1.29, 1.82) is 0 Å². The Kier molecular flexibility index (Phi) is 4.61. The van der Waals surface area contributed by atoms with E-state index in [1.54, 1.807) is 7.11 Å². The number of esters is 1. The van der Waals surface area contributed by atoms with Gasteiger partial charge in [0.25, 0.3) is 0 Å². The number of ether oxygens (including phenoxy) is 2. The molecule has 16 heavy (non-hydrogen) atoms. The molecule has 0 aromatic heterocycles. The molecule has 1 fully saturated rings. The number of carbonyl (C=O) groups is 1. The molecule has 6 heteroatoms. The lowest BCUT2D eigenvalue weighted by Crippen LogP contribution is -2.38. The first kappa shape index (κ1) is 13.3. The lowest BCUT2D eigenvalue weighted by molar-refractivity contribution is -0.159. The molecule has 0 spiro atoms. The summed E-state index contributed by atoms with van der Waals surface area (Å²) >= 11 is 0. The summed E-state index contributed by atoms with van der Waals surface area (Å²) in [6, 6.07) is 0.0953. The number of halogens is 2. The van der Waals surface area contributed by atoms with Gasteiger partial charge in [-0.3, -0.25) is 0 Å². The molecule has 0 radical (unpaired) electrons. The van der Waals surface area contributed by atoms with Gasteiger partial charge in [-0.05, 0) is 6.42 Å². The summed E-state index contributed by atoms with van der Waals surface area (Å²) < 4.78 is 35.1. The van der Waals surface area contributed by atoms with Gasteiger partial charge in [0, 0.05) is 19.7 Å². The molecule has 1 rings (SSSR count). The van der Waals surface area contributed by atoms with E-state index < -0.39 is 24.4 Å². The summed E-state index contributed by atoms with van der Waals surface area (Å²) in [6.07, 6.45) is -0.457. The Morgan fingerprint density at radius 1 is 1.69 bits per heavy atom. The van der Waals surface area contributed by atoms with E-state index in [2.05, 4.69) is 10.1 Å². The average molecular weight is 237 g/mol. The molecular weight excluding hydrogens is 220 g/mol. The van der Waals surface area contributed by atoms with Crippen molar-refractivity contribution < 1.29 is 23.0 Å². The average Bonchev–Trinajstić information content (AvgIpc) is 2.47. The molecule has 0 aliphatic carbocycles. The predicted octanol–water partition coefficient (Wildman–Crippen LogP) is 0.952. The van der Waals surface area contributed by atoms with Gasteiger partial charge in [0.1, 0.15) is 6.10 Å². The zero-order chi connectivity index (χ0) is 12.2. The van der Waals surface area contributed by atoms with Crippen molar-refractivity contribution in [2.75, 3.05) is 20.3 Å². The van der Waals surface area contributed by atoms with Crippen LogP contribution in [-0.2, 0) is 14.3 Å². The highest BCUT2D eigenvalue weighted by molar-refractivity contribution is 5.79. The van der Waals surface area contributed by atoms with Gasteiger partial charge in [-0.15, -0.1) is 0 Å². The van der Waals surface area contributed by atoms with Crippen molar-refractivity contribution in [2.24, 2.45) is 0 Å². The van der Waals surface area contributed by atoms with Gasteiger partial charge in [0.15, 0.2) is 0 Å². The van der Waals surface area contributed by atoms with Crippen LogP contribution in [0.1, 0.15) is 19.8 Å². The Bertz CT molecular complexity index is 248. The highest BCUT2D eigenvalue weighted by Crippen LogP contribution is 2.30. The summed E-state index contributed by atoms with van der Waals surface area (Å²) in [5, 5.41) is 3.04. The molecule has 0 amide bonds. The minimum absolute atomic E-state index is 0.0953. The lowest BCUT2D eigenvalue weighted by Gasteiger charge is -2.17. The Morgan fingerprint density at radius 3 is 2.81 bits per heavy atom. The third-order valence-corrected chi connectivity index (χ3v) is 2.55. The first-order chi connectivity index (χ1) is 7.49. The normalized spacial score (nSPS) is 25.5. The van der Waals surface area contributed by atoms with Crippen molar-refractivity contribution in [2.45, 2.75) is 37.8 Å². The maximum atomic E-state index is 12.8. The second-order valence-corrected chi connectivity index (χ2v) is 3.90. The second-order valence-electron chi connectivity index (χ2n) is 3.90. The highest BCUT2D eigenvalue weighted by Gasteiger charge is 2.50. The van der Waals surface area contributed by atoms with Crippen molar-refractivity contribution in [1.82, 2.24) is 5.32 Å². The number of carbonyl (C=O) groups excluding carboxylic acids is 1. The number of methoxy groups -OCH3 is 1. The first-order valence-electron chi connectivity index (χ1n) is 5.30. The number of hydrogen-bond donors (Lipinski definition) is 1. The van der Waals surface area contributed by atoms with E-state index >= 15 is 0 Å². The van der Waals surface area contributed by atoms with E-state index in [0.29, 0.717) is 6.61 Å². The molecule has 0 aromatic rings. The van der Waals surface area contributed by atoms with E-state index in [-0.39, 0.29) is 12.6 Å². The lowest BCUT2D eigenvalue weighted by atomic mass is 10.1. The number of rotatable bonds is 6. The van der Waals surface area contributed by atoms with Gasteiger partial charge in [0.05, 0.1) is 13.0 Å². The molecule has 0 aromatic carbocycles. The standard InChI is InChI=1S/C10H17F2NO3/c1-3-7(6-15-2)13-5-8-4-10(11,12)9(14)16-8/h7-8,13H,3-6H2,1-2H3. The molecule has 4 nitrogen and oxygen atoms in total. The number of hydrogen-bond acceptors (Lipinski definition) is 4. The molecule has 1 aliphatic rings. The van der Waals surface area contributed by atoms with Gasteiger partial charge in [-0.25, -0.2) is 4.79 Å². The van der Waals surface area contributed by atoms with Crippen LogP contribution in [0, 0.1) is 0 Å². The van der Waals surface area contributed by atoms with Gasteiger partial charge in [-0.2, -0.15) is 8.78 Å². The van der Waals surface area contributed by atoms with Crippen LogP contribution in [0.25, 0.3) is 0 Å². The fourth-order valence-corrected chi connectivity index (χ4v) is 1.58. The zero-order valence-corrected chi connectivity index (χ0v) is 9.46. The smallest absolute Gasteiger partial charge is 0.377 e. The third-order valence-electron chi connectivity index (χ3n) is 2.55. The fraction of sp³-hybridized carbons (Fsp3) is 0.900. The van der Waals surface area contributed by atoms with Crippen molar-refractivity contribution in [3.05, 3.63) is 0 Å². The van der Waals surface area contributed by atoms with Gasteiger partial charge in [0.2, 0.25) is 0 Å². The maximum Gasteiger partial charge on any atom is 0.377 e. The quantitative estimate of drug-likeness (QED) is 0.699. The maximum absolute atomic E-state index is 12.8. The Labute approximate surface area is 93.3 Å². The van der Waals surface area contributed by atoms with Crippen LogP contribution in [0.15, 0.2) is 0 Å². The van der Waals surface area contributed by atoms with E-state index in [4.69, 9.17) is 4.74 Å². The van der Waals surface area contributed by atoms with Crippen molar-refractivity contribution in [3.63, 3.8) is 0 Å². The summed E-state index contributed by atoms with van der Waals surface area (Å²) in [4.78, 5) is 10.7. The molecule has 1 N–H and O–H groups in total. The molecule has 1 aliphatic heterocycles. The van der Waals surface area contributed by atoms with Crippen LogP contribution in [-0.4, -0.2) is 44.3 Å². The summed E-state index contributed by atoms with van der Waals surface area (Å²) in [5.41, 5.74) is 0. The number of alkyl halides is 2. The molecule has 0 saturated carbocycles. The second kappa shape index (κ2) is 5.54. The molecule has 94 valence electrons. The Hall–Kier alpha value is -0.750. The molecule has 2 atom stereocenters. The van der Waals surface area contributed by atoms with Crippen LogP contribution < -0.4 is 5.32 Å². The van der Waals surface area contributed by atoms with Crippen LogP contribution in [0.2, 0.25) is 0 Å². The van der Waals surface area contributed by atoms with Crippen molar-refractivity contribution >= 4 is 5.97 Å². The topological polar surface area (TPSA) is 47.6 Å². The van der Waals surface area contributed by atoms with Crippen LogP contribution in [0.4, 0.5) is 8.78 Å². The monoisotopic (exact) mass is 237 g/mol. The first-order valence-corrected chi connectivity index (χ1v) is 5.30. The number of cyclic esters (lactones) is 1. The SMILES string of the molecule is CCC(COC)NCC1CC(F)(F)C(=O)O1. The third kappa shape index (κ3) is 3.38. The highest BCUT2D eigenvalue weighted by atomic mass is 19.3. The minimum Gasteiger partial charge on any atom is -0.456 e. The van der Waals surface area contributed by atoms with E-state index in [1.807, 2.05) is 6.92 Å². The van der Waals surface area contributed by atoms with Gasteiger partial charge in [-0.1, -0.05) is 6.92 Å². The zero-order valence-electron chi connectivity index (χ0n) is 9.46. The molecular formula is C10H17F2NO3. The minimum atomic E-state index is -3.32. The Morgan fingerprint density at radius 2 is 2.38 bits per heavy atom. The molecule has 1 heterocycles. The van der Waals surface area contributed by atoms with Crippen LogP contribution in [0.3, 0.4) is 0 Å². The van der Waals surface area contributed by atoms with E-state index in [0.717, 1.165) is 6.42 Å². The Balaban J connectivity index is 2.31. The molecule has 2 unspecified atom stereocenters. The van der Waals surface area contributed by atoms with E-state index in [1.165, 1.54) is 0 Å². The fourth-order valence-electron chi connectivity index (χ4n) is 1.58. The predicted molar refractivity (Wildman–Crippen MR) is 53.4 cm³/mol. The summed E-state index contributed by atoms with van der Waals surface area (Å²) in [6.45, 7) is 2.71. The number of nitrogens with one attached hydrogen (secondary N) is 1. The van der Waals surface area contributed by atoms with Crippen LogP contribution >= 0.6 is 0 Å².